The van der Waals surface area contributed by atoms with E-state index in [9.17, 15) is 14.4 Å². The molecule has 0 spiro atoms. The van der Waals surface area contributed by atoms with E-state index in [1.807, 2.05) is 194 Å². The Morgan fingerprint density at radius 3 is 1.38 bits per heavy atom. The van der Waals surface area contributed by atoms with Crippen LogP contribution in [0.2, 0.25) is 0 Å². The van der Waals surface area contributed by atoms with E-state index in [4.69, 9.17) is 0 Å². The number of rotatable bonds is 8. The Bertz CT molecular complexity index is 5270. The van der Waals surface area contributed by atoms with Gasteiger partial charge in [0.05, 0.1) is 55.6 Å². The molecule has 15 rings (SSSR count). The van der Waals surface area contributed by atoms with Gasteiger partial charge in [0.15, 0.2) is 0 Å². The van der Waals surface area contributed by atoms with Crippen molar-refractivity contribution in [2.75, 3.05) is 0 Å². The summed E-state index contributed by atoms with van der Waals surface area (Å²) >= 11 is 0. The van der Waals surface area contributed by atoms with E-state index < -0.39 is 22.5 Å². The second-order valence-corrected chi connectivity index (χ2v) is 20.1. The molecule has 10 nitrogen and oxygen atoms in total. The minimum atomic E-state index is -0.477. The Hall–Kier alpha value is -11.1. The van der Waals surface area contributed by atoms with E-state index in [2.05, 4.69) is 58.1 Å². The van der Waals surface area contributed by atoms with Gasteiger partial charge in [-0.15, -0.1) is 0 Å². The predicted octanol–water partition coefficient (Wildman–Crippen LogP) is 14.3. The highest BCUT2D eigenvalue weighted by Gasteiger charge is 2.24. The Labute approximate surface area is 455 Å². The van der Waals surface area contributed by atoms with Crippen LogP contribution in [0.1, 0.15) is 0 Å². The summed E-state index contributed by atoms with van der Waals surface area (Å²) in [7, 11) is 0. The van der Waals surface area contributed by atoms with Crippen LogP contribution in [-0.4, -0.2) is 27.8 Å². The molecule has 0 atom stereocenters. The molecule has 0 aliphatic carbocycles. The third kappa shape index (κ3) is 7.27. The molecule has 0 bridgehead atoms. The number of nitrogens with one attached hydrogen (secondary N) is 1. The molecule has 4 heterocycles. The van der Waals surface area contributed by atoms with E-state index >= 15 is 4.79 Å². The maximum Gasteiger partial charge on any atom is 0.340 e. The predicted molar refractivity (Wildman–Crippen MR) is 324 cm³/mol. The zero-order valence-corrected chi connectivity index (χ0v) is 42.7. The van der Waals surface area contributed by atoms with E-state index in [0.29, 0.717) is 44.6 Å². The van der Waals surface area contributed by atoms with Gasteiger partial charge < -0.3 is 9.55 Å². The van der Waals surface area contributed by atoms with E-state index in [-0.39, 0.29) is 0 Å². The van der Waals surface area contributed by atoms with Crippen molar-refractivity contribution < 1.29 is 0 Å². The number of H-pyrrole nitrogens is 1. The highest BCUT2D eigenvalue weighted by Crippen LogP contribution is 2.40. The van der Waals surface area contributed by atoms with Crippen LogP contribution in [0.3, 0.4) is 0 Å². The number of hydrogen-bond acceptors (Lipinski definition) is 4. The molecule has 0 radical (unpaired) electrons. The van der Waals surface area contributed by atoms with Crippen LogP contribution in [0.4, 0.5) is 0 Å². The SMILES string of the molecule is O=c1c2cc3[nH]c4ccccc4c3cc2n(-c2ccccc2)c(=O)n1-c1cccc(-c2cccc(-c3cc(-c4ccccc4)cc(-n4c5ccccc5c5c6c(=O)n(-c7ccccc7)c(=O)n(-c7ccccc7)c6ccc54)c3)c2)c1. The number of nitrogens with zero attached hydrogens (tertiary/aromatic N) is 5. The normalized spacial score (nSPS) is 11.7. The van der Waals surface area contributed by atoms with Crippen molar-refractivity contribution in [3.05, 3.63) is 303 Å². The Morgan fingerprint density at radius 1 is 0.237 bits per heavy atom. The van der Waals surface area contributed by atoms with Gasteiger partial charge in [0.2, 0.25) is 0 Å². The van der Waals surface area contributed by atoms with Crippen LogP contribution in [0.5, 0.6) is 0 Å². The standard InChI is InChI=1S/C70H44N6O4/c77-67-58-42-60-57(55-31-13-15-33-59(55)71-60)43-64(58)74(51-26-9-3-10-27-51)70(80)76(67)53-30-18-23-47(39-53)45-21-17-22-46(37-45)49-38-48(44-19-5-1-6-20-44)40-54(41-49)72-61-34-16-14-32-56(61)65-62(72)35-36-63-66(65)68(78)75(52-28-11-4-12-29-52)69(79)73(63)50-24-7-2-8-25-50/h1-43,71H. The first-order valence-electron chi connectivity index (χ1n) is 26.4. The zero-order valence-electron chi connectivity index (χ0n) is 42.7. The van der Waals surface area contributed by atoms with Crippen LogP contribution in [0.15, 0.2) is 280 Å². The van der Waals surface area contributed by atoms with Gasteiger partial charge in [0.25, 0.3) is 11.1 Å². The van der Waals surface area contributed by atoms with Gasteiger partial charge in [-0.25, -0.2) is 18.7 Å². The second kappa shape index (κ2) is 18.3. The first-order chi connectivity index (χ1) is 39.4. The number of fused-ring (bicyclic) bond motifs is 9. The molecule has 378 valence electrons. The van der Waals surface area contributed by atoms with Crippen LogP contribution >= 0.6 is 0 Å². The lowest BCUT2D eigenvalue weighted by atomic mass is 9.95. The Balaban J connectivity index is 0.913. The van der Waals surface area contributed by atoms with E-state index in [1.165, 1.54) is 9.13 Å². The summed E-state index contributed by atoms with van der Waals surface area (Å²) in [6, 6.07) is 84.5. The molecule has 80 heavy (non-hydrogen) atoms. The molecule has 4 aromatic heterocycles. The fraction of sp³-hybridized carbons (Fsp3) is 0. The minimum absolute atomic E-state index is 0.405. The van der Waals surface area contributed by atoms with Crippen molar-refractivity contribution in [3.8, 4) is 61.8 Å². The van der Waals surface area contributed by atoms with Crippen LogP contribution in [0.25, 0.3) is 127 Å². The summed E-state index contributed by atoms with van der Waals surface area (Å²) in [4.78, 5) is 63.2. The molecule has 15 aromatic rings. The van der Waals surface area contributed by atoms with E-state index in [1.54, 1.807) is 27.3 Å². The summed E-state index contributed by atoms with van der Waals surface area (Å²) in [6.45, 7) is 0. The van der Waals surface area contributed by atoms with Gasteiger partial charge in [-0.1, -0.05) is 152 Å². The lowest BCUT2D eigenvalue weighted by Gasteiger charge is -2.16. The molecule has 11 aromatic carbocycles. The van der Waals surface area contributed by atoms with Crippen LogP contribution in [-0.2, 0) is 0 Å². The molecule has 0 unspecified atom stereocenters. The first kappa shape index (κ1) is 46.2. The van der Waals surface area contributed by atoms with Crippen LogP contribution in [0, 0.1) is 0 Å². The fourth-order valence-corrected chi connectivity index (χ4v) is 11.9. The number of para-hydroxylation sites is 5. The summed E-state index contributed by atoms with van der Waals surface area (Å²) in [6.07, 6.45) is 0. The largest absolute Gasteiger partial charge is 0.354 e. The maximum absolute atomic E-state index is 15.2. The third-order valence-corrected chi connectivity index (χ3v) is 15.5. The molecule has 0 aliphatic rings. The summed E-state index contributed by atoms with van der Waals surface area (Å²) in [5.74, 6) is 0. The fourth-order valence-electron chi connectivity index (χ4n) is 11.9. The average molecular weight is 1030 g/mol. The molecular formula is C70H44N6O4. The molecule has 0 saturated carbocycles. The zero-order chi connectivity index (χ0) is 53.6. The van der Waals surface area contributed by atoms with Gasteiger partial charge in [-0.05, 0) is 143 Å². The molecule has 0 amide bonds. The van der Waals surface area contributed by atoms with Gasteiger partial charge in [-0.3, -0.25) is 18.7 Å². The topological polar surface area (TPSA) is 109 Å². The van der Waals surface area contributed by atoms with Crippen LogP contribution < -0.4 is 22.5 Å². The lowest BCUT2D eigenvalue weighted by molar-refractivity contribution is 0.835. The highest BCUT2D eigenvalue weighted by atomic mass is 16.2. The number of aromatic nitrogens is 6. The van der Waals surface area contributed by atoms with Gasteiger partial charge in [0, 0.05) is 38.3 Å². The summed E-state index contributed by atoms with van der Waals surface area (Å²) < 4.78 is 8.03. The van der Waals surface area contributed by atoms with Crippen molar-refractivity contribution in [2.24, 2.45) is 0 Å². The maximum atomic E-state index is 15.2. The highest BCUT2D eigenvalue weighted by molar-refractivity contribution is 6.21. The van der Waals surface area contributed by atoms with Gasteiger partial charge >= 0.3 is 11.4 Å². The first-order valence-corrected chi connectivity index (χ1v) is 26.4. The molecule has 0 saturated heterocycles. The summed E-state index contributed by atoms with van der Waals surface area (Å²) in [5, 5.41) is 4.36. The molecule has 10 heteroatoms. The van der Waals surface area contributed by atoms with Gasteiger partial charge in [0.1, 0.15) is 0 Å². The average Bonchev–Trinajstić information content (AvgIpc) is 4.22. The van der Waals surface area contributed by atoms with Crippen molar-refractivity contribution in [2.45, 2.75) is 0 Å². The van der Waals surface area contributed by atoms with Gasteiger partial charge in [-0.2, -0.15) is 0 Å². The van der Waals surface area contributed by atoms with Crippen molar-refractivity contribution in [3.63, 3.8) is 0 Å². The second-order valence-electron chi connectivity index (χ2n) is 20.1. The smallest absolute Gasteiger partial charge is 0.340 e. The number of benzene rings is 11. The Morgan fingerprint density at radius 2 is 0.700 bits per heavy atom. The third-order valence-electron chi connectivity index (χ3n) is 15.5. The van der Waals surface area contributed by atoms with E-state index in [0.717, 1.165) is 82.7 Å². The minimum Gasteiger partial charge on any atom is -0.354 e. The van der Waals surface area contributed by atoms with Crippen molar-refractivity contribution >= 4 is 65.4 Å². The summed E-state index contributed by atoms with van der Waals surface area (Å²) in [5.41, 5.74) is 11.4. The molecule has 0 fully saturated rings. The molecular weight excluding hydrogens is 989 g/mol. The van der Waals surface area contributed by atoms with Crippen molar-refractivity contribution in [1.82, 2.24) is 27.8 Å². The molecule has 1 N–H and O–H groups in total. The number of hydrogen-bond donors (Lipinski definition) is 1. The molecule has 0 aliphatic heterocycles. The quantitative estimate of drug-likeness (QED) is 0.163. The Kier molecular flexibility index (Phi) is 10.6. The lowest BCUT2D eigenvalue weighted by Crippen LogP contribution is -2.38. The number of aromatic amines is 1. The monoisotopic (exact) mass is 1030 g/mol. The van der Waals surface area contributed by atoms with Crippen molar-refractivity contribution in [1.29, 1.82) is 0 Å².